The molecule has 160 valence electrons. The SMILES string of the molecule is CC1CN(C(=O)COC(=O)c2ccc(CN3C(=O)c4ccccc4C3=O)cc2)CCO1. The van der Waals surface area contributed by atoms with Crippen molar-refractivity contribution in [2.24, 2.45) is 0 Å². The van der Waals surface area contributed by atoms with Gasteiger partial charge in [-0.25, -0.2) is 4.79 Å². The van der Waals surface area contributed by atoms with Gasteiger partial charge in [-0.1, -0.05) is 24.3 Å². The number of morpholine rings is 1. The minimum atomic E-state index is -0.609. The van der Waals surface area contributed by atoms with E-state index in [0.717, 1.165) is 0 Å². The Balaban J connectivity index is 1.33. The molecule has 0 bridgehead atoms. The first-order valence-electron chi connectivity index (χ1n) is 10.0. The summed E-state index contributed by atoms with van der Waals surface area (Å²) >= 11 is 0. The highest BCUT2D eigenvalue weighted by Crippen LogP contribution is 2.24. The molecule has 2 aliphatic heterocycles. The summed E-state index contributed by atoms with van der Waals surface area (Å²) in [5.74, 6) is -1.53. The number of nitrogens with zero attached hydrogens (tertiary/aromatic N) is 2. The molecular formula is C23H22N2O6. The third-order valence-corrected chi connectivity index (χ3v) is 5.33. The molecule has 0 N–H and O–H groups in total. The van der Waals surface area contributed by atoms with Gasteiger partial charge in [0, 0.05) is 13.1 Å². The van der Waals surface area contributed by atoms with Crippen LogP contribution in [0.4, 0.5) is 0 Å². The largest absolute Gasteiger partial charge is 0.452 e. The molecule has 1 unspecified atom stereocenters. The fraction of sp³-hybridized carbons (Fsp3) is 0.304. The van der Waals surface area contributed by atoms with E-state index in [2.05, 4.69) is 0 Å². The number of rotatable bonds is 5. The molecule has 2 aromatic carbocycles. The van der Waals surface area contributed by atoms with Crippen molar-refractivity contribution in [2.75, 3.05) is 26.3 Å². The van der Waals surface area contributed by atoms with E-state index >= 15 is 0 Å². The van der Waals surface area contributed by atoms with Crippen LogP contribution >= 0.6 is 0 Å². The van der Waals surface area contributed by atoms with Crippen LogP contribution < -0.4 is 0 Å². The highest BCUT2D eigenvalue weighted by molar-refractivity contribution is 6.21. The molecule has 8 nitrogen and oxygen atoms in total. The number of hydrogen-bond acceptors (Lipinski definition) is 6. The van der Waals surface area contributed by atoms with Crippen molar-refractivity contribution >= 4 is 23.7 Å². The van der Waals surface area contributed by atoms with Crippen LogP contribution in [-0.2, 0) is 20.8 Å². The van der Waals surface area contributed by atoms with Gasteiger partial charge in [-0.2, -0.15) is 0 Å². The third kappa shape index (κ3) is 4.34. The second-order valence-corrected chi connectivity index (χ2v) is 7.54. The number of imide groups is 1. The van der Waals surface area contributed by atoms with Crippen LogP contribution in [0.5, 0.6) is 0 Å². The molecule has 1 fully saturated rings. The number of esters is 1. The van der Waals surface area contributed by atoms with Gasteiger partial charge >= 0.3 is 5.97 Å². The van der Waals surface area contributed by atoms with Crippen LogP contribution in [0.25, 0.3) is 0 Å². The molecule has 1 saturated heterocycles. The molecule has 2 aliphatic rings. The Morgan fingerprint density at radius 2 is 1.68 bits per heavy atom. The Kier molecular flexibility index (Phi) is 5.81. The first-order chi connectivity index (χ1) is 14.9. The minimum Gasteiger partial charge on any atom is -0.452 e. The molecule has 0 radical (unpaired) electrons. The number of carbonyl (C=O) groups is 4. The predicted octanol–water partition coefficient (Wildman–Crippen LogP) is 1.89. The third-order valence-electron chi connectivity index (χ3n) is 5.33. The molecule has 3 amide bonds. The zero-order chi connectivity index (χ0) is 22.0. The molecule has 0 saturated carbocycles. The maximum Gasteiger partial charge on any atom is 0.338 e. The first-order valence-corrected chi connectivity index (χ1v) is 10.0. The van der Waals surface area contributed by atoms with Crippen molar-refractivity contribution in [1.29, 1.82) is 0 Å². The summed E-state index contributed by atoms with van der Waals surface area (Å²) in [4.78, 5) is 52.2. The highest BCUT2D eigenvalue weighted by Gasteiger charge is 2.35. The lowest BCUT2D eigenvalue weighted by Gasteiger charge is -2.30. The Bertz CT molecular complexity index is 998. The summed E-state index contributed by atoms with van der Waals surface area (Å²) < 4.78 is 10.5. The summed E-state index contributed by atoms with van der Waals surface area (Å²) in [6.07, 6.45) is -0.0388. The molecule has 8 heteroatoms. The van der Waals surface area contributed by atoms with Gasteiger partial charge in [-0.3, -0.25) is 19.3 Å². The van der Waals surface area contributed by atoms with E-state index in [0.29, 0.717) is 36.4 Å². The number of carbonyl (C=O) groups excluding carboxylic acids is 4. The number of fused-ring (bicyclic) bond motifs is 1. The average molecular weight is 422 g/mol. The Hall–Kier alpha value is -3.52. The molecular weight excluding hydrogens is 400 g/mol. The molecule has 0 spiro atoms. The second kappa shape index (κ2) is 8.69. The topological polar surface area (TPSA) is 93.2 Å². The van der Waals surface area contributed by atoms with Crippen molar-refractivity contribution in [3.63, 3.8) is 0 Å². The van der Waals surface area contributed by atoms with E-state index in [1.165, 1.54) is 4.90 Å². The standard InChI is InChI=1S/C23H22N2O6/c1-15-12-24(10-11-30-15)20(26)14-31-23(29)17-8-6-16(7-9-17)13-25-21(27)18-4-2-3-5-19(18)22(25)28/h2-9,15H,10-14H2,1H3. The van der Waals surface area contributed by atoms with Gasteiger partial charge in [-0.05, 0) is 36.8 Å². The smallest absolute Gasteiger partial charge is 0.338 e. The predicted molar refractivity (Wildman–Crippen MR) is 109 cm³/mol. The molecule has 0 aromatic heterocycles. The summed E-state index contributed by atoms with van der Waals surface area (Å²) in [6.45, 7) is 3.08. The number of ether oxygens (including phenoxy) is 2. The summed E-state index contributed by atoms with van der Waals surface area (Å²) in [6, 6.07) is 13.1. The Labute approximate surface area is 179 Å². The van der Waals surface area contributed by atoms with Crippen molar-refractivity contribution in [3.8, 4) is 0 Å². The van der Waals surface area contributed by atoms with E-state index in [1.807, 2.05) is 6.92 Å². The van der Waals surface area contributed by atoms with Gasteiger partial charge < -0.3 is 14.4 Å². The minimum absolute atomic E-state index is 0.0388. The number of benzene rings is 2. The molecule has 1 atom stereocenters. The van der Waals surface area contributed by atoms with Crippen molar-refractivity contribution < 1.29 is 28.7 Å². The summed E-state index contributed by atoms with van der Waals surface area (Å²) in [5, 5.41) is 0. The number of amides is 3. The lowest BCUT2D eigenvalue weighted by molar-refractivity contribution is -0.141. The normalized spacial score (nSPS) is 18.2. The van der Waals surface area contributed by atoms with Gasteiger partial charge in [0.2, 0.25) is 0 Å². The fourth-order valence-electron chi connectivity index (χ4n) is 3.66. The molecule has 4 rings (SSSR count). The molecule has 31 heavy (non-hydrogen) atoms. The van der Waals surface area contributed by atoms with E-state index < -0.39 is 5.97 Å². The van der Waals surface area contributed by atoms with E-state index in [1.54, 1.807) is 53.4 Å². The van der Waals surface area contributed by atoms with Gasteiger partial charge in [0.15, 0.2) is 6.61 Å². The van der Waals surface area contributed by atoms with Crippen molar-refractivity contribution in [1.82, 2.24) is 9.80 Å². The highest BCUT2D eigenvalue weighted by atomic mass is 16.5. The van der Waals surface area contributed by atoms with Gasteiger partial charge in [-0.15, -0.1) is 0 Å². The quantitative estimate of drug-likeness (QED) is 0.540. The fourth-order valence-corrected chi connectivity index (χ4v) is 3.66. The van der Waals surface area contributed by atoms with Crippen LogP contribution in [0.2, 0.25) is 0 Å². The maximum atomic E-state index is 12.5. The van der Waals surface area contributed by atoms with Crippen molar-refractivity contribution in [3.05, 3.63) is 70.8 Å². The maximum absolute atomic E-state index is 12.5. The number of hydrogen-bond donors (Lipinski definition) is 0. The van der Waals surface area contributed by atoms with Crippen LogP contribution in [0.15, 0.2) is 48.5 Å². The van der Waals surface area contributed by atoms with Crippen molar-refractivity contribution in [2.45, 2.75) is 19.6 Å². The molecule has 0 aliphatic carbocycles. The zero-order valence-corrected chi connectivity index (χ0v) is 17.1. The van der Waals surface area contributed by atoms with Gasteiger partial charge in [0.05, 0.1) is 35.9 Å². The Morgan fingerprint density at radius 1 is 1.03 bits per heavy atom. The lowest BCUT2D eigenvalue weighted by Crippen LogP contribution is -2.46. The van der Waals surface area contributed by atoms with E-state index in [-0.39, 0.29) is 42.5 Å². The van der Waals surface area contributed by atoms with Crippen LogP contribution in [0, 0.1) is 0 Å². The first kappa shape index (κ1) is 20.7. The van der Waals surface area contributed by atoms with Gasteiger partial charge in [0.1, 0.15) is 0 Å². The second-order valence-electron chi connectivity index (χ2n) is 7.54. The molecule has 2 heterocycles. The van der Waals surface area contributed by atoms with E-state index in [4.69, 9.17) is 9.47 Å². The Morgan fingerprint density at radius 3 is 2.29 bits per heavy atom. The molecule has 2 aromatic rings. The van der Waals surface area contributed by atoms with Crippen LogP contribution in [0.1, 0.15) is 43.6 Å². The van der Waals surface area contributed by atoms with E-state index in [9.17, 15) is 19.2 Å². The van der Waals surface area contributed by atoms with Crippen LogP contribution in [0.3, 0.4) is 0 Å². The summed E-state index contributed by atoms with van der Waals surface area (Å²) in [5.41, 5.74) is 1.78. The zero-order valence-electron chi connectivity index (χ0n) is 17.1. The monoisotopic (exact) mass is 422 g/mol. The van der Waals surface area contributed by atoms with Gasteiger partial charge in [0.25, 0.3) is 17.7 Å². The lowest BCUT2D eigenvalue weighted by atomic mass is 10.1. The average Bonchev–Trinajstić information content (AvgIpc) is 3.03. The van der Waals surface area contributed by atoms with Crippen LogP contribution in [-0.4, -0.2) is 65.9 Å². The summed E-state index contributed by atoms with van der Waals surface area (Å²) in [7, 11) is 0.